The highest BCUT2D eigenvalue weighted by Crippen LogP contribution is 2.30. The van der Waals surface area contributed by atoms with Crippen LogP contribution in [0.1, 0.15) is 38.4 Å². The molecule has 2 atom stereocenters. The Morgan fingerprint density at radius 1 is 1.33 bits per heavy atom. The molecule has 0 aliphatic carbocycles. The lowest BCUT2D eigenvalue weighted by Crippen LogP contribution is -2.48. The average molecular weight is 317 g/mol. The first kappa shape index (κ1) is 18.4. The highest BCUT2D eigenvalue weighted by atomic mass is 35.5. The minimum atomic E-state index is -0.205. The van der Waals surface area contributed by atoms with Crippen molar-refractivity contribution in [2.45, 2.75) is 44.4 Å². The van der Waals surface area contributed by atoms with Gasteiger partial charge in [-0.2, -0.15) is 0 Å². The maximum Gasteiger partial charge on any atom is 0.123 e. The molecule has 0 aromatic heterocycles. The topological polar surface area (TPSA) is 38.5 Å². The van der Waals surface area contributed by atoms with E-state index in [1.54, 1.807) is 0 Å². The Labute approximate surface area is 133 Å². The van der Waals surface area contributed by atoms with Crippen molar-refractivity contribution in [2.75, 3.05) is 20.2 Å². The Morgan fingerprint density at radius 2 is 1.95 bits per heavy atom. The quantitative estimate of drug-likeness (QED) is 0.927. The lowest BCUT2D eigenvalue weighted by atomic mass is 9.95. The lowest BCUT2D eigenvalue weighted by Gasteiger charge is -2.38. The van der Waals surface area contributed by atoms with E-state index in [0.717, 1.165) is 31.6 Å². The minimum absolute atomic E-state index is 0. The highest BCUT2D eigenvalue weighted by molar-refractivity contribution is 5.85. The van der Waals surface area contributed by atoms with Crippen LogP contribution < -0.4 is 5.73 Å². The number of nitrogens with two attached hydrogens (primary N) is 1. The van der Waals surface area contributed by atoms with Crippen LogP contribution in [0.5, 0.6) is 0 Å². The van der Waals surface area contributed by atoms with E-state index in [4.69, 9.17) is 10.5 Å². The van der Waals surface area contributed by atoms with Crippen LogP contribution in [-0.4, -0.2) is 36.7 Å². The van der Waals surface area contributed by atoms with E-state index in [2.05, 4.69) is 11.9 Å². The van der Waals surface area contributed by atoms with Crippen molar-refractivity contribution in [3.63, 3.8) is 0 Å². The number of halogens is 2. The third-order valence-electron chi connectivity index (χ3n) is 3.78. The van der Waals surface area contributed by atoms with E-state index in [-0.39, 0.29) is 29.9 Å². The van der Waals surface area contributed by atoms with Crippen molar-refractivity contribution in [1.82, 2.24) is 4.90 Å². The first-order chi connectivity index (χ1) is 9.35. The molecule has 120 valence electrons. The van der Waals surface area contributed by atoms with Crippen LogP contribution in [0, 0.1) is 5.82 Å². The summed E-state index contributed by atoms with van der Waals surface area (Å²) in [5.74, 6) is -0.205. The van der Waals surface area contributed by atoms with Crippen molar-refractivity contribution in [3.05, 3.63) is 35.6 Å². The van der Waals surface area contributed by atoms with Gasteiger partial charge in [0.15, 0.2) is 0 Å². The molecule has 3 nitrogen and oxygen atoms in total. The molecule has 1 aromatic rings. The maximum atomic E-state index is 13.0. The fraction of sp³-hybridized carbons (Fsp3) is 0.625. The monoisotopic (exact) mass is 316 g/mol. The zero-order chi connectivity index (χ0) is 14.8. The first-order valence-corrected chi connectivity index (χ1v) is 7.21. The van der Waals surface area contributed by atoms with Gasteiger partial charge in [-0.3, -0.25) is 0 Å². The number of hydrogen-bond donors (Lipinski definition) is 1. The summed E-state index contributed by atoms with van der Waals surface area (Å²) in [5.41, 5.74) is 6.95. The SMILES string of the molecule is CN(CC(C)(C)N)C1CCOC(c2ccc(F)cc2)C1.Cl. The van der Waals surface area contributed by atoms with Crippen molar-refractivity contribution >= 4 is 12.4 Å². The normalized spacial score (nSPS) is 23.0. The predicted octanol–water partition coefficient (Wildman–Crippen LogP) is 3.14. The van der Waals surface area contributed by atoms with Crippen LogP contribution >= 0.6 is 12.4 Å². The van der Waals surface area contributed by atoms with Gasteiger partial charge in [-0.1, -0.05) is 12.1 Å². The molecule has 1 aliphatic rings. The third kappa shape index (κ3) is 5.55. The third-order valence-corrected chi connectivity index (χ3v) is 3.78. The van der Waals surface area contributed by atoms with Crippen LogP contribution in [0.25, 0.3) is 0 Å². The average Bonchev–Trinajstić information content (AvgIpc) is 2.38. The zero-order valence-electron chi connectivity index (χ0n) is 13.0. The van der Waals surface area contributed by atoms with Gasteiger partial charge in [0.2, 0.25) is 0 Å². The summed E-state index contributed by atoms with van der Waals surface area (Å²) in [6, 6.07) is 7.08. The molecule has 1 heterocycles. The molecule has 2 rings (SSSR count). The van der Waals surface area contributed by atoms with Crippen LogP contribution in [0.4, 0.5) is 4.39 Å². The van der Waals surface area contributed by atoms with E-state index >= 15 is 0 Å². The molecule has 2 N–H and O–H groups in total. The minimum Gasteiger partial charge on any atom is -0.373 e. The number of ether oxygens (including phenoxy) is 1. The number of rotatable bonds is 4. The summed E-state index contributed by atoms with van der Waals surface area (Å²) in [6.45, 7) is 5.68. The Morgan fingerprint density at radius 3 is 2.52 bits per heavy atom. The van der Waals surface area contributed by atoms with Crippen LogP contribution in [-0.2, 0) is 4.74 Å². The Hall–Kier alpha value is -0.680. The second-order valence-electron chi connectivity index (χ2n) is 6.49. The Bertz CT molecular complexity index is 433. The maximum absolute atomic E-state index is 13.0. The second kappa shape index (κ2) is 7.54. The number of hydrogen-bond acceptors (Lipinski definition) is 3. The molecule has 0 saturated carbocycles. The van der Waals surface area contributed by atoms with E-state index in [0.29, 0.717) is 6.04 Å². The molecule has 0 amide bonds. The van der Waals surface area contributed by atoms with Gasteiger partial charge in [0.25, 0.3) is 0 Å². The van der Waals surface area contributed by atoms with Gasteiger partial charge in [-0.15, -0.1) is 12.4 Å². The molecule has 21 heavy (non-hydrogen) atoms. The molecular weight excluding hydrogens is 291 g/mol. The van der Waals surface area contributed by atoms with Gasteiger partial charge in [0, 0.05) is 24.7 Å². The molecule has 1 saturated heterocycles. The Balaban J connectivity index is 0.00000220. The molecule has 1 aromatic carbocycles. The molecule has 0 bridgehead atoms. The summed E-state index contributed by atoms with van der Waals surface area (Å²) < 4.78 is 18.8. The van der Waals surface area contributed by atoms with Gasteiger partial charge in [-0.05, 0) is 51.4 Å². The highest BCUT2D eigenvalue weighted by Gasteiger charge is 2.28. The van der Waals surface area contributed by atoms with Gasteiger partial charge in [-0.25, -0.2) is 4.39 Å². The van der Waals surface area contributed by atoms with E-state index in [1.165, 1.54) is 12.1 Å². The predicted molar refractivity (Wildman–Crippen MR) is 86.3 cm³/mol. The van der Waals surface area contributed by atoms with Gasteiger partial charge in [0.05, 0.1) is 6.10 Å². The lowest BCUT2D eigenvalue weighted by molar-refractivity contribution is -0.0260. The fourth-order valence-corrected chi connectivity index (χ4v) is 2.86. The molecule has 0 radical (unpaired) electrons. The van der Waals surface area contributed by atoms with Gasteiger partial charge in [0.1, 0.15) is 5.82 Å². The molecular formula is C16H26ClFN2O. The van der Waals surface area contributed by atoms with Crippen LogP contribution in [0.2, 0.25) is 0 Å². The van der Waals surface area contributed by atoms with Gasteiger partial charge >= 0.3 is 0 Å². The smallest absolute Gasteiger partial charge is 0.123 e. The summed E-state index contributed by atoms with van der Waals surface area (Å²) in [5, 5.41) is 0. The molecule has 1 aliphatic heterocycles. The van der Waals surface area contributed by atoms with Crippen molar-refractivity contribution in [1.29, 1.82) is 0 Å². The van der Waals surface area contributed by atoms with Gasteiger partial charge < -0.3 is 15.4 Å². The first-order valence-electron chi connectivity index (χ1n) is 7.21. The van der Waals surface area contributed by atoms with E-state index in [1.807, 2.05) is 26.0 Å². The van der Waals surface area contributed by atoms with E-state index < -0.39 is 0 Å². The zero-order valence-corrected chi connectivity index (χ0v) is 13.8. The number of benzene rings is 1. The molecule has 2 unspecified atom stereocenters. The molecule has 5 heteroatoms. The molecule has 0 spiro atoms. The van der Waals surface area contributed by atoms with Crippen LogP contribution in [0.15, 0.2) is 24.3 Å². The molecule has 1 fully saturated rings. The summed E-state index contributed by atoms with van der Waals surface area (Å²) in [4.78, 5) is 2.32. The number of nitrogens with zero attached hydrogens (tertiary/aromatic N) is 1. The van der Waals surface area contributed by atoms with Crippen LogP contribution in [0.3, 0.4) is 0 Å². The summed E-state index contributed by atoms with van der Waals surface area (Å²) >= 11 is 0. The fourth-order valence-electron chi connectivity index (χ4n) is 2.86. The van der Waals surface area contributed by atoms with Crippen molar-refractivity contribution < 1.29 is 9.13 Å². The largest absolute Gasteiger partial charge is 0.373 e. The van der Waals surface area contributed by atoms with E-state index in [9.17, 15) is 4.39 Å². The summed E-state index contributed by atoms with van der Waals surface area (Å²) in [7, 11) is 2.12. The summed E-state index contributed by atoms with van der Waals surface area (Å²) in [6.07, 6.45) is 2.00. The van der Waals surface area contributed by atoms with Crippen molar-refractivity contribution in [2.24, 2.45) is 5.73 Å². The number of likely N-dealkylation sites (N-methyl/N-ethyl adjacent to an activating group) is 1. The van der Waals surface area contributed by atoms with Crippen molar-refractivity contribution in [3.8, 4) is 0 Å². The standard InChI is InChI=1S/C16H25FN2O.ClH/c1-16(2,18)11-19(3)14-8-9-20-15(10-14)12-4-6-13(17)7-5-12;/h4-7,14-15H,8-11,18H2,1-3H3;1H. The Kier molecular flexibility index (Phi) is 6.60. The second-order valence-corrected chi connectivity index (χ2v) is 6.49.